The van der Waals surface area contributed by atoms with Crippen molar-refractivity contribution in [2.45, 2.75) is 78.3 Å². The fraction of sp³-hybridized carbons (Fsp3) is 0.536. The molecule has 1 heterocycles. The topological polar surface area (TPSA) is 68.5 Å². The summed E-state index contributed by atoms with van der Waals surface area (Å²) in [6.45, 7) is 10.3. The number of aliphatic hydroxyl groups is 1. The second kappa shape index (κ2) is 9.74. The van der Waals surface area contributed by atoms with Gasteiger partial charge in [-0.25, -0.2) is 4.98 Å². The number of hydrogen-bond acceptors (Lipinski definition) is 5. The van der Waals surface area contributed by atoms with E-state index in [-0.39, 0.29) is 17.2 Å². The first-order valence-electron chi connectivity index (χ1n) is 12.6. The first kappa shape index (κ1) is 27.1. The van der Waals surface area contributed by atoms with Crippen molar-refractivity contribution in [2.24, 2.45) is 11.3 Å². The lowest BCUT2D eigenvalue weighted by Crippen LogP contribution is -2.29. The maximum atomic E-state index is 12.6. The molecule has 9 heteroatoms. The number of benzene rings is 2. The van der Waals surface area contributed by atoms with Crippen molar-refractivity contribution >= 4 is 22.7 Å². The molecular formula is C28H36F3N3O3. The summed E-state index contributed by atoms with van der Waals surface area (Å²) in [6, 6.07) is 9.73. The van der Waals surface area contributed by atoms with Crippen LogP contribution in [0.3, 0.4) is 0 Å². The molecule has 2 atom stereocenters. The number of methoxy groups -OCH3 is 1. The van der Waals surface area contributed by atoms with Gasteiger partial charge in [0.05, 0.1) is 23.7 Å². The van der Waals surface area contributed by atoms with Crippen LogP contribution >= 0.6 is 0 Å². The maximum absolute atomic E-state index is 12.6. The van der Waals surface area contributed by atoms with Crippen molar-refractivity contribution in [1.29, 1.82) is 0 Å². The van der Waals surface area contributed by atoms with Gasteiger partial charge in [0.2, 0.25) is 5.95 Å². The minimum Gasteiger partial charge on any atom is -0.496 e. The fourth-order valence-corrected chi connectivity index (χ4v) is 5.78. The zero-order valence-corrected chi connectivity index (χ0v) is 22.2. The summed E-state index contributed by atoms with van der Waals surface area (Å²) in [5.74, 6) is 1.53. The molecule has 6 nitrogen and oxygen atoms in total. The highest BCUT2D eigenvalue weighted by Gasteiger charge is 2.35. The monoisotopic (exact) mass is 519 g/mol. The Morgan fingerprint density at radius 2 is 1.81 bits per heavy atom. The molecule has 1 unspecified atom stereocenters. The summed E-state index contributed by atoms with van der Waals surface area (Å²) < 4.78 is 49.6. The third kappa shape index (κ3) is 6.69. The Morgan fingerprint density at radius 3 is 2.38 bits per heavy atom. The van der Waals surface area contributed by atoms with Gasteiger partial charge >= 0.3 is 6.36 Å². The van der Waals surface area contributed by atoms with E-state index in [0.29, 0.717) is 29.7 Å². The molecule has 0 spiro atoms. The Hall–Kier alpha value is -2.94. The molecular weight excluding hydrogens is 483 g/mol. The minimum atomic E-state index is -4.74. The molecule has 4 rings (SSSR count). The van der Waals surface area contributed by atoms with Crippen molar-refractivity contribution in [3.63, 3.8) is 0 Å². The van der Waals surface area contributed by atoms with E-state index < -0.39 is 12.0 Å². The van der Waals surface area contributed by atoms with Crippen LogP contribution in [0.5, 0.6) is 11.5 Å². The van der Waals surface area contributed by atoms with Crippen molar-refractivity contribution in [2.75, 3.05) is 12.4 Å². The first-order chi connectivity index (χ1) is 17.1. The SMILES string of the molecule is COc1cc2c(cc1CC(C)(C)O)nc(Nc1ccc(OC(F)(F)F)cc1)n2C1C[C@H](C)CC(C)(C)C1. The first-order valence-corrected chi connectivity index (χ1v) is 12.6. The zero-order chi connectivity index (χ0) is 27.2. The standard InChI is InChI=1S/C28H36F3N3O3/c1-17-11-20(16-26(2,3)14-17)34-23-13-24(36-6)18(15-27(4,5)35)12-22(23)33-25(34)32-19-7-9-21(10-8-19)37-28(29,30)31/h7-10,12-13,17,20,35H,11,14-16H2,1-6H3,(H,32,33)/t17-,20?/m0/s1. The van der Waals surface area contributed by atoms with E-state index in [1.807, 2.05) is 12.1 Å². The second-order valence-electron chi connectivity index (χ2n) is 11.7. The second-order valence-corrected chi connectivity index (χ2v) is 11.7. The molecule has 0 amide bonds. The summed E-state index contributed by atoms with van der Waals surface area (Å²) >= 11 is 0. The van der Waals surface area contributed by atoms with Crippen LogP contribution in [-0.2, 0) is 6.42 Å². The molecule has 0 saturated heterocycles. The third-order valence-corrected chi connectivity index (χ3v) is 6.79. The van der Waals surface area contributed by atoms with E-state index in [0.717, 1.165) is 35.9 Å². The Balaban J connectivity index is 1.79. The lowest BCUT2D eigenvalue weighted by atomic mass is 9.70. The Morgan fingerprint density at radius 1 is 1.14 bits per heavy atom. The number of rotatable bonds is 7. The van der Waals surface area contributed by atoms with Gasteiger partial charge < -0.3 is 24.5 Å². The van der Waals surface area contributed by atoms with Gasteiger partial charge in [-0.2, -0.15) is 0 Å². The van der Waals surface area contributed by atoms with Gasteiger partial charge in [0.15, 0.2) is 0 Å². The van der Waals surface area contributed by atoms with Crippen molar-refractivity contribution in [3.8, 4) is 11.5 Å². The number of hydrogen-bond donors (Lipinski definition) is 2. The average molecular weight is 520 g/mol. The van der Waals surface area contributed by atoms with Gasteiger partial charge in [0.25, 0.3) is 0 Å². The lowest BCUT2D eigenvalue weighted by molar-refractivity contribution is -0.274. The molecule has 1 aliphatic carbocycles. The van der Waals surface area contributed by atoms with Crippen LogP contribution in [0.1, 0.15) is 65.5 Å². The van der Waals surface area contributed by atoms with Crippen molar-refractivity contribution < 1.29 is 27.8 Å². The molecule has 0 aliphatic heterocycles. The number of alkyl halides is 3. The van der Waals surface area contributed by atoms with Gasteiger partial charge in [-0.3, -0.25) is 0 Å². The Labute approximate surface area is 215 Å². The molecule has 3 aromatic rings. The zero-order valence-electron chi connectivity index (χ0n) is 22.2. The largest absolute Gasteiger partial charge is 0.573 e. The molecule has 0 radical (unpaired) electrons. The number of aromatic nitrogens is 2. The van der Waals surface area contributed by atoms with E-state index in [2.05, 4.69) is 35.4 Å². The fourth-order valence-electron chi connectivity index (χ4n) is 5.78. The summed E-state index contributed by atoms with van der Waals surface area (Å²) in [4.78, 5) is 4.91. The Kier molecular flexibility index (Phi) is 7.14. The van der Waals surface area contributed by atoms with Crippen LogP contribution in [0.15, 0.2) is 36.4 Å². The predicted molar refractivity (Wildman–Crippen MR) is 139 cm³/mol. The van der Waals surface area contributed by atoms with Crippen LogP contribution in [-0.4, -0.2) is 33.7 Å². The average Bonchev–Trinajstić information content (AvgIpc) is 3.07. The number of nitrogens with zero attached hydrogens (tertiary/aromatic N) is 2. The molecule has 1 fully saturated rings. The molecule has 2 aromatic carbocycles. The van der Waals surface area contributed by atoms with Gasteiger partial charge in [-0.15, -0.1) is 13.2 Å². The summed E-state index contributed by atoms with van der Waals surface area (Å²) in [5.41, 5.74) is 2.34. The van der Waals surface area contributed by atoms with Gasteiger partial charge in [-0.05, 0) is 80.3 Å². The quantitative estimate of drug-likeness (QED) is 0.341. The van der Waals surface area contributed by atoms with Crippen molar-refractivity contribution in [1.82, 2.24) is 9.55 Å². The highest BCUT2D eigenvalue weighted by molar-refractivity contribution is 5.83. The highest BCUT2D eigenvalue weighted by atomic mass is 19.4. The molecule has 1 aliphatic rings. The van der Waals surface area contributed by atoms with E-state index in [1.165, 1.54) is 12.1 Å². The van der Waals surface area contributed by atoms with Gasteiger partial charge in [0, 0.05) is 24.2 Å². The molecule has 1 saturated carbocycles. The highest BCUT2D eigenvalue weighted by Crippen LogP contribution is 2.46. The summed E-state index contributed by atoms with van der Waals surface area (Å²) in [5, 5.41) is 13.7. The number of ether oxygens (including phenoxy) is 2. The van der Waals surface area contributed by atoms with E-state index in [9.17, 15) is 18.3 Å². The lowest BCUT2D eigenvalue weighted by Gasteiger charge is -2.40. The molecule has 0 bridgehead atoms. The van der Waals surface area contributed by atoms with Crippen LogP contribution in [0.25, 0.3) is 11.0 Å². The number of anilines is 2. The molecule has 202 valence electrons. The van der Waals surface area contributed by atoms with Crippen LogP contribution < -0.4 is 14.8 Å². The normalized spacial score (nSPS) is 20.2. The molecule has 2 N–H and O–H groups in total. The number of nitrogens with one attached hydrogen (secondary N) is 1. The minimum absolute atomic E-state index is 0.151. The third-order valence-electron chi connectivity index (χ3n) is 6.79. The van der Waals surface area contributed by atoms with Gasteiger partial charge in [-0.1, -0.05) is 20.8 Å². The smallest absolute Gasteiger partial charge is 0.496 e. The van der Waals surface area contributed by atoms with Crippen LogP contribution in [0.2, 0.25) is 0 Å². The molecule has 1 aromatic heterocycles. The molecule has 37 heavy (non-hydrogen) atoms. The van der Waals surface area contributed by atoms with Crippen molar-refractivity contribution in [3.05, 3.63) is 42.0 Å². The van der Waals surface area contributed by atoms with Gasteiger partial charge in [0.1, 0.15) is 11.5 Å². The Bertz CT molecular complexity index is 1240. The number of halogens is 3. The number of imidazole rings is 1. The van der Waals surface area contributed by atoms with E-state index in [1.54, 1.807) is 33.1 Å². The van der Waals surface area contributed by atoms with E-state index in [4.69, 9.17) is 9.72 Å². The maximum Gasteiger partial charge on any atom is 0.573 e. The van der Waals surface area contributed by atoms with Crippen LogP contribution in [0, 0.1) is 11.3 Å². The summed E-state index contributed by atoms with van der Waals surface area (Å²) in [6.07, 6.45) is -1.26. The predicted octanol–water partition coefficient (Wildman–Crippen LogP) is 7.39. The van der Waals surface area contributed by atoms with E-state index >= 15 is 0 Å². The number of fused-ring (bicyclic) bond motifs is 1. The summed E-state index contributed by atoms with van der Waals surface area (Å²) in [7, 11) is 1.62. The van der Waals surface area contributed by atoms with Crippen LogP contribution in [0.4, 0.5) is 24.8 Å².